The minimum Gasteiger partial charge on any atom is -0.326 e. The zero-order chi connectivity index (χ0) is 17.5. The summed E-state index contributed by atoms with van der Waals surface area (Å²) in [5, 5.41) is 5.14. The Balaban J connectivity index is 1.63. The first-order valence-corrected chi connectivity index (χ1v) is 10.3. The molecule has 26 heavy (non-hydrogen) atoms. The molecule has 1 aliphatic heterocycles. The van der Waals surface area contributed by atoms with Gasteiger partial charge in [0.25, 0.3) is 5.91 Å². The number of hydrogen-bond acceptors (Lipinski definition) is 4. The quantitative estimate of drug-likeness (QED) is 0.485. The Morgan fingerprint density at radius 1 is 1.04 bits per heavy atom. The summed E-state index contributed by atoms with van der Waals surface area (Å²) in [6.07, 6.45) is 2.69. The maximum Gasteiger partial charge on any atom is 0.255 e. The molecule has 0 saturated heterocycles. The highest BCUT2D eigenvalue weighted by atomic mass is 32.1. The summed E-state index contributed by atoms with van der Waals surface area (Å²) in [4.78, 5) is 22.6. The standard InChI is InChI=1S/C21H16N2OS2/c24-21(15-4-1-6-17-14(15)5-2-10-22-17)23-11-8-18-16(9-13-26-18)20(23)19-7-3-12-25-19/h1-7,9-10,12-13,20H,8,11H2. The van der Waals surface area contributed by atoms with Crippen LogP contribution in [0.4, 0.5) is 0 Å². The average Bonchev–Trinajstić information content (AvgIpc) is 3.38. The van der Waals surface area contributed by atoms with Crippen LogP contribution in [-0.4, -0.2) is 22.3 Å². The van der Waals surface area contributed by atoms with Gasteiger partial charge in [-0.25, -0.2) is 0 Å². The van der Waals surface area contributed by atoms with Gasteiger partial charge in [-0.3, -0.25) is 9.78 Å². The van der Waals surface area contributed by atoms with Crippen LogP contribution >= 0.6 is 22.7 Å². The highest BCUT2D eigenvalue weighted by Crippen LogP contribution is 2.40. The van der Waals surface area contributed by atoms with Gasteiger partial charge in [-0.15, -0.1) is 22.7 Å². The number of pyridine rings is 1. The van der Waals surface area contributed by atoms with E-state index in [0.717, 1.165) is 29.4 Å². The number of carbonyl (C=O) groups is 1. The Hall–Kier alpha value is -2.50. The number of amides is 1. The Kier molecular flexibility index (Phi) is 3.84. The number of carbonyl (C=O) groups excluding carboxylic acids is 1. The second-order valence-corrected chi connectivity index (χ2v) is 8.32. The fraction of sp³-hybridized carbons (Fsp3) is 0.143. The molecule has 0 aliphatic carbocycles. The predicted molar refractivity (Wildman–Crippen MR) is 107 cm³/mol. The number of rotatable bonds is 2. The van der Waals surface area contributed by atoms with Crippen molar-refractivity contribution >= 4 is 39.5 Å². The van der Waals surface area contributed by atoms with Gasteiger partial charge in [0.15, 0.2) is 0 Å². The fourth-order valence-corrected chi connectivity index (χ4v) is 5.49. The molecule has 0 saturated carbocycles. The third-order valence-corrected chi connectivity index (χ3v) is 6.84. The van der Waals surface area contributed by atoms with Crippen molar-refractivity contribution < 1.29 is 4.79 Å². The second kappa shape index (κ2) is 6.34. The van der Waals surface area contributed by atoms with Crippen molar-refractivity contribution in [3.63, 3.8) is 0 Å². The molecule has 3 aromatic heterocycles. The third kappa shape index (κ3) is 2.47. The lowest BCUT2D eigenvalue weighted by Crippen LogP contribution is -2.39. The van der Waals surface area contributed by atoms with E-state index >= 15 is 0 Å². The lowest BCUT2D eigenvalue weighted by molar-refractivity contribution is 0.0701. The monoisotopic (exact) mass is 376 g/mol. The maximum atomic E-state index is 13.6. The van der Waals surface area contributed by atoms with Crippen LogP contribution in [0, 0.1) is 0 Å². The molecule has 1 aliphatic rings. The average molecular weight is 377 g/mol. The van der Waals surface area contributed by atoms with Crippen molar-refractivity contribution in [2.45, 2.75) is 12.5 Å². The molecule has 1 atom stereocenters. The van der Waals surface area contributed by atoms with Crippen molar-refractivity contribution in [1.29, 1.82) is 0 Å². The summed E-state index contributed by atoms with van der Waals surface area (Å²) >= 11 is 3.51. The number of hydrogen-bond donors (Lipinski definition) is 0. The van der Waals surface area contributed by atoms with Crippen LogP contribution < -0.4 is 0 Å². The van der Waals surface area contributed by atoms with Gasteiger partial charge < -0.3 is 4.90 Å². The van der Waals surface area contributed by atoms with Gasteiger partial charge >= 0.3 is 0 Å². The molecule has 0 spiro atoms. The second-order valence-electron chi connectivity index (χ2n) is 6.34. The molecule has 1 aromatic carbocycles. The molecule has 128 valence electrons. The zero-order valence-corrected chi connectivity index (χ0v) is 15.6. The van der Waals surface area contributed by atoms with E-state index in [0.29, 0.717) is 0 Å². The van der Waals surface area contributed by atoms with Crippen LogP contribution in [0.3, 0.4) is 0 Å². The summed E-state index contributed by atoms with van der Waals surface area (Å²) in [7, 11) is 0. The molecule has 0 fully saturated rings. The SMILES string of the molecule is O=C(c1cccc2ncccc12)N1CCc2sccc2C1c1cccs1. The summed E-state index contributed by atoms with van der Waals surface area (Å²) in [6.45, 7) is 0.742. The summed E-state index contributed by atoms with van der Waals surface area (Å²) in [5.74, 6) is 0.0823. The van der Waals surface area contributed by atoms with Crippen LogP contribution in [0.25, 0.3) is 10.9 Å². The minimum absolute atomic E-state index is 0.00410. The van der Waals surface area contributed by atoms with Crippen LogP contribution in [-0.2, 0) is 6.42 Å². The number of benzene rings is 1. The molecule has 5 rings (SSSR count). The van der Waals surface area contributed by atoms with E-state index in [9.17, 15) is 4.79 Å². The molecule has 0 radical (unpaired) electrons. The molecule has 0 N–H and O–H groups in total. The molecule has 4 heterocycles. The lowest BCUT2D eigenvalue weighted by Gasteiger charge is -2.35. The van der Waals surface area contributed by atoms with Gasteiger partial charge in [0, 0.05) is 33.4 Å². The van der Waals surface area contributed by atoms with Crippen molar-refractivity contribution in [2.24, 2.45) is 0 Å². The van der Waals surface area contributed by atoms with Crippen molar-refractivity contribution in [3.05, 3.63) is 86.4 Å². The first-order valence-electron chi connectivity index (χ1n) is 8.57. The number of fused-ring (bicyclic) bond motifs is 2. The summed E-state index contributed by atoms with van der Waals surface area (Å²) in [6, 6.07) is 16.0. The Labute approximate surface area is 159 Å². The first-order chi connectivity index (χ1) is 12.8. The van der Waals surface area contributed by atoms with Gasteiger partial charge in [-0.2, -0.15) is 0 Å². The summed E-state index contributed by atoms with van der Waals surface area (Å²) in [5.41, 5.74) is 2.87. The fourth-order valence-electron chi connectivity index (χ4n) is 3.73. The van der Waals surface area contributed by atoms with E-state index in [1.807, 2.05) is 35.2 Å². The van der Waals surface area contributed by atoms with Gasteiger partial charge in [-0.1, -0.05) is 18.2 Å². The van der Waals surface area contributed by atoms with Gasteiger partial charge in [0.1, 0.15) is 0 Å². The molecule has 1 unspecified atom stereocenters. The molecule has 5 heteroatoms. The van der Waals surface area contributed by atoms with Crippen LogP contribution in [0.1, 0.15) is 31.7 Å². The molecular weight excluding hydrogens is 360 g/mol. The lowest BCUT2D eigenvalue weighted by atomic mass is 9.96. The summed E-state index contributed by atoms with van der Waals surface area (Å²) < 4.78 is 0. The molecule has 1 amide bonds. The van der Waals surface area contributed by atoms with Gasteiger partial charge in [0.2, 0.25) is 0 Å². The Bertz CT molecular complexity index is 1080. The van der Waals surface area contributed by atoms with E-state index in [2.05, 4.69) is 33.9 Å². The normalized spacial score (nSPS) is 16.6. The van der Waals surface area contributed by atoms with Gasteiger partial charge in [-0.05, 0) is 53.1 Å². The first kappa shape index (κ1) is 15.7. The highest BCUT2D eigenvalue weighted by molar-refractivity contribution is 7.10. The Morgan fingerprint density at radius 2 is 2.00 bits per heavy atom. The number of thiophene rings is 2. The topological polar surface area (TPSA) is 33.2 Å². The van der Waals surface area contributed by atoms with Crippen molar-refractivity contribution in [3.8, 4) is 0 Å². The molecule has 3 nitrogen and oxygen atoms in total. The van der Waals surface area contributed by atoms with Crippen LogP contribution in [0.15, 0.2) is 65.5 Å². The Morgan fingerprint density at radius 3 is 2.88 bits per heavy atom. The number of nitrogens with zero attached hydrogens (tertiary/aromatic N) is 2. The van der Waals surface area contributed by atoms with E-state index in [1.54, 1.807) is 28.9 Å². The maximum absolute atomic E-state index is 13.6. The van der Waals surface area contributed by atoms with E-state index in [-0.39, 0.29) is 11.9 Å². The van der Waals surface area contributed by atoms with Crippen LogP contribution in [0.2, 0.25) is 0 Å². The zero-order valence-electron chi connectivity index (χ0n) is 14.0. The van der Waals surface area contributed by atoms with Gasteiger partial charge in [0.05, 0.1) is 11.6 Å². The van der Waals surface area contributed by atoms with E-state index < -0.39 is 0 Å². The number of aromatic nitrogens is 1. The smallest absolute Gasteiger partial charge is 0.255 e. The minimum atomic E-state index is 0.00410. The van der Waals surface area contributed by atoms with Crippen LogP contribution in [0.5, 0.6) is 0 Å². The largest absolute Gasteiger partial charge is 0.326 e. The predicted octanol–water partition coefficient (Wildman–Crippen LogP) is 5.15. The molecule has 4 aromatic rings. The van der Waals surface area contributed by atoms with E-state index in [1.165, 1.54) is 15.3 Å². The highest BCUT2D eigenvalue weighted by Gasteiger charge is 2.34. The van der Waals surface area contributed by atoms with Crippen molar-refractivity contribution in [2.75, 3.05) is 6.54 Å². The molecular formula is C21H16N2OS2. The third-order valence-electron chi connectivity index (χ3n) is 4.92. The van der Waals surface area contributed by atoms with E-state index in [4.69, 9.17) is 0 Å². The van der Waals surface area contributed by atoms with Crippen molar-refractivity contribution in [1.82, 2.24) is 9.88 Å². The molecule has 0 bridgehead atoms.